The predicted octanol–water partition coefficient (Wildman–Crippen LogP) is 2.51. The van der Waals surface area contributed by atoms with Crippen molar-refractivity contribution < 1.29 is 4.79 Å². The van der Waals surface area contributed by atoms with Crippen LogP contribution in [0.4, 0.5) is 11.6 Å². The summed E-state index contributed by atoms with van der Waals surface area (Å²) in [7, 11) is 0. The Bertz CT molecular complexity index is 1150. The van der Waals surface area contributed by atoms with Gasteiger partial charge >= 0.3 is 0 Å². The number of aryl methyl sites for hydroxylation is 2. The molecule has 3 aliphatic rings. The van der Waals surface area contributed by atoms with Crippen LogP contribution in [-0.2, 0) is 17.8 Å². The Kier molecular flexibility index (Phi) is 5.76. The minimum Gasteiger partial charge on any atom is -0.355 e. The molecule has 0 N–H and O–H groups in total. The number of piperidine rings is 1. The van der Waals surface area contributed by atoms with Crippen LogP contribution in [0.15, 0.2) is 30.7 Å². The maximum atomic E-state index is 13.2. The van der Waals surface area contributed by atoms with Crippen molar-refractivity contribution in [3.63, 3.8) is 0 Å². The zero-order valence-electron chi connectivity index (χ0n) is 19.6. The summed E-state index contributed by atoms with van der Waals surface area (Å²) in [5, 5.41) is 0. The average Bonchev–Trinajstić information content (AvgIpc) is 3.09. The number of carbonyl (C=O) groups excluding carboxylic acids is 1. The van der Waals surface area contributed by atoms with E-state index in [9.17, 15) is 4.79 Å². The molecule has 0 saturated carbocycles. The van der Waals surface area contributed by atoms with Crippen molar-refractivity contribution in [2.24, 2.45) is 5.92 Å². The Labute approximate surface area is 199 Å². The van der Waals surface area contributed by atoms with Gasteiger partial charge in [-0.25, -0.2) is 19.9 Å². The third-order valence-corrected chi connectivity index (χ3v) is 7.58. The van der Waals surface area contributed by atoms with E-state index in [1.165, 1.54) is 19.3 Å². The zero-order valence-corrected chi connectivity index (χ0v) is 19.6. The molecule has 34 heavy (non-hydrogen) atoms. The molecule has 9 nitrogen and oxygen atoms in total. The molecule has 0 bridgehead atoms. The van der Waals surface area contributed by atoms with Gasteiger partial charge in [0.15, 0.2) is 17.0 Å². The monoisotopic (exact) mass is 460 g/mol. The minimum atomic E-state index is 0.0914. The fraction of sp³-hybridized carbons (Fsp3) is 0.560. The number of fused-ring (bicyclic) bond motifs is 3. The number of hydrogen-bond donors (Lipinski definition) is 0. The summed E-state index contributed by atoms with van der Waals surface area (Å²) >= 11 is 0. The van der Waals surface area contributed by atoms with Gasteiger partial charge in [0.2, 0.25) is 5.91 Å². The molecule has 3 aliphatic heterocycles. The van der Waals surface area contributed by atoms with Gasteiger partial charge in [-0.15, -0.1) is 0 Å². The van der Waals surface area contributed by atoms with Crippen LogP contribution >= 0.6 is 0 Å². The quantitative estimate of drug-likeness (QED) is 0.594. The summed E-state index contributed by atoms with van der Waals surface area (Å²) in [5.41, 5.74) is 1.89. The molecular weight excluding hydrogens is 428 g/mol. The summed E-state index contributed by atoms with van der Waals surface area (Å²) in [4.78, 5) is 38.5. The summed E-state index contributed by atoms with van der Waals surface area (Å²) in [6, 6.07) is 5.99. The van der Waals surface area contributed by atoms with Gasteiger partial charge in [-0.2, -0.15) is 0 Å². The molecule has 0 atom stereocenters. The van der Waals surface area contributed by atoms with Gasteiger partial charge in [0, 0.05) is 64.3 Å². The van der Waals surface area contributed by atoms with E-state index in [1.54, 1.807) is 6.33 Å². The molecule has 0 radical (unpaired) electrons. The van der Waals surface area contributed by atoms with E-state index in [4.69, 9.17) is 4.98 Å². The molecule has 3 aromatic rings. The molecule has 1 amide bonds. The number of pyridine rings is 1. The second-order valence-corrected chi connectivity index (χ2v) is 9.62. The Morgan fingerprint density at radius 2 is 1.71 bits per heavy atom. The predicted molar refractivity (Wildman–Crippen MR) is 131 cm³/mol. The second-order valence-electron chi connectivity index (χ2n) is 9.62. The molecule has 2 fully saturated rings. The highest BCUT2D eigenvalue weighted by Crippen LogP contribution is 2.30. The highest BCUT2D eigenvalue weighted by molar-refractivity contribution is 5.84. The number of hydrogen-bond acceptors (Lipinski definition) is 7. The normalized spacial score (nSPS) is 19.8. The van der Waals surface area contributed by atoms with Crippen molar-refractivity contribution in [1.29, 1.82) is 0 Å². The summed E-state index contributed by atoms with van der Waals surface area (Å²) < 4.78 is 2.29. The Hall–Kier alpha value is -3.23. The number of anilines is 2. The van der Waals surface area contributed by atoms with Gasteiger partial charge in [0.05, 0.1) is 0 Å². The van der Waals surface area contributed by atoms with E-state index in [0.29, 0.717) is 5.91 Å². The van der Waals surface area contributed by atoms with Crippen LogP contribution in [-0.4, -0.2) is 74.6 Å². The Balaban J connectivity index is 1.09. The molecule has 2 saturated heterocycles. The van der Waals surface area contributed by atoms with Gasteiger partial charge < -0.3 is 19.3 Å². The number of carbonyl (C=O) groups is 1. The number of nitrogens with zero attached hydrogens (tertiary/aromatic N) is 8. The molecule has 3 aromatic heterocycles. The van der Waals surface area contributed by atoms with Crippen molar-refractivity contribution in [3.8, 4) is 0 Å². The molecule has 0 aliphatic carbocycles. The first kappa shape index (κ1) is 21.3. The van der Waals surface area contributed by atoms with Gasteiger partial charge in [-0.05, 0) is 37.8 Å². The highest BCUT2D eigenvalue weighted by Gasteiger charge is 2.32. The minimum absolute atomic E-state index is 0.0914. The van der Waals surface area contributed by atoms with Crippen molar-refractivity contribution in [2.45, 2.75) is 45.1 Å². The number of piperazine rings is 1. The number of aromatic nitrogens is 5. The van der Waals surface area contributed by atoms with Crippen LogP contribution in [0.5, 0.6) is 0 Å². The van der Waals surface area contributed by atoms with Gasteiger partial charge in [0.1, 0.15) is 18.0 Å². The lowest BCUT2D eigenvalue weighted by atomic mass is 9.95. The SMILES string of the molecule is O=C(C1CCN(c2ncnc3c2nc2n3CCCCC2)CC1)N1CCN(c2ccccn2)CC1. The van der Waals surface area contributed by atoms with Crippen molar-refractivity contribution in [3.05, 3.63) is 36.5 Å². The molecule has 6 rings (SSSR count). The Morgan fingerprint density at radius 3 is 2.50 bits per heavy atom. The van der Waals surface area contributed by atoms with Crippen LogP contribution < -0.4 is 9.80 Å². The maximum Gasteiger partial charge on any atom is 0.225 e. The summed E-state index contributed by atoms with van der Waals surface area (Å²) in [5.74, 6) is 3.47. The Morgan fingerprint density at radius 1 is 0.853 bits per heavy atom. The summed E-state index contributed by atoms with van der Waals surface area (Å²) in [6.07, 6.45) is 9.86. The average molecular weight is 461 g/mol. The lowest BCUT2D eigenvalue weighted by Gasteiger charge is -2.39. The van der Waals surface area contributed by atoms with Gasteiger partial charge in [0.25, 0.3) is 0 Å². The molecular formula is C25H32N8O. The summed E-state index contributed by atoms with van der Waals surface area (Å²) in [6.45, 7) is 5.87. The topological polar surface area (TPSA) is 83.3 Å². The largest absolute Gasteiger partial charge is 0.355 e. The first-order chi connectivity index (χ1) is 16.8. The van der Waals surface area contributed by atoms with Crippen LogP contribution in [0.2, 0.25) is 0 Å². The van der Waals surface area contributed by atoms with Crippen LogP contribution in [0.3, 0.4) is 0 Å². The molecule has 9 heteroatoms. The molecule has 6 heterocycles. The van der Waals surface area contributed by atoms with E-state index in [2.05, 4.69) is 34.2 Å². The van der Waals surface area contributed by atoms with Crippen LogP contribution in [0.25, 0.3) is 11.2 Å². The number of amides is 1. The van der Waals surface area contributed by atoms with Crippen LogP contribution in [0.1, 0.15) is 37.9 Å². The van der Waals surface area contributed by atoms with Crippen LogP contribution in [0, 0.1) is 5.92 Å². The fourth-order valence-electron chi connectivity index (χ4n) is 5.65. The second kappa shape index (κ2) is 9.19. The first-order valence-electron chi connectivity index (χ1n) is 12.7. The smallest absolute Gasteiger partial charge is 0.225 e. The third kappa shape index (κ3) is 3.97. The van der Waals surface area contributed by atoms with Gasteiger partial charge in [-0.3, -0.25) is 4.79 Å². The standard InChI is InChI=1S/C25H32N8O/c34-25(32-16-14-30(15-17-32)20-6-3-4-10-26-20)19-8-12-31(13-9-19)23-22-24(28-18-27-23)33-11-5-1-2-7-21(33)29-22/h3-4,6,10,18-19H,1-2,5,7-9,11-17H2. The van der Waals surface area contributed by atoms with Crippen molar-refractivity contribution in [2.75, 3.05) is 49.1 Å². The zero-order chi connectivity index (χ0) is 22.9. The van der Waals surface area contributed by atoms with E-state index < -0.39 is 0 Å². The maximum absolute atomic E-state index is 13.2. The molecule has 0 unspecified atom stereocenters. The van der Waals surface area contributed by atoms with E-state index in [-0.39, 0.29) is 5.92 Å². The number of rotatable bonds is 3. The lowest BCUT2D eigenvalue weighted by Crippen LogP contribution is -2.52. The fourth-order valence-corrected chi connectivity index (χ4v) is 5.65. The molecule has 0 aromatic carbocycles. The van der Waals surface area contributed by atoms with E-state index >= 15 is 0 Å². The number of imidazole rings is 1. The van der Waals surface area contributed by atoms with E-state index in [1.807, 2.05) is 24.4 Å². The third-order valence-electron chi connectivity index (χ3n) is 7.58. The van der Waals surface area contributed by atoms with E-state index in [0.717, 1.165) is 93.7 Å². The molecule has 178 valence electrons. The molecule has 0 spiro atoms. The van der Waals surface area contributed by atoms with Gasteiger partial charge in [-0.1, -0.05) is 12.5 Å². The van der Waals surface area contributed by atoms with Crippen molar-refractivity contribution in [1.82, 2.24) is 29.4 Å². The van der Waals surface area contributed by atoms with Crippen molar-refractivity contribution >= 4 is 28.7 Å². The highest BCUT2D eigenvalue weighted by atomic mass is 16.2. The first-order valence-corrected chi connectivity index (χ1v) is 12.7. The lowest BCUT2D eigenvalue weighted by molar-refractivity contribution is -0.136.